The van der Waals surface area contributed by atoms with E-state index in [9.17, 15) is 9.59 Å². The fourth-order valence-corrected chi connectivity index (χ4v) is 2.90. The zero-order valence-electron chi connectivity index (χ0n) is 13.2. The summed E-state index contributed by atoms with van der Waals surface area (Å²) in [6.45, 7) is 3.64. The van der Waals surface area contributed by atoms with E-state index in [1.807, 2.05) is 31.3 Å². The quantitative estimate of drug-likeness (QED) is 0.737. The normalized spacial score (nSPS) is 16.4. The Morgan fingerprint density at radius 2 is 2.17 bits per heavy atom. The predicted molar refractivity (Wildman–Crippen MR) is 89.5 cm³/mol. The maximum Gasteiger partial charge on any atom is 0.265 e. The largest absolute Gasteiger partial charge is 0.479 e. The summed E-state index contributed by atoms with van der Waals surface area (Å²) in [7, 11) is 0. The molecule has 120 valence electrons. The van der Waals surface area contributed by atoms with Crippen molar-refractivity contribution >= 4 is 23.5 Å². The van der Waals surface area contributed by atoms with E-state index in [0.717, 1.165) is 23.1 Å². The second-order valence-corrected chi connectivity index (χ2v) is 5.81. The second kappa shape index (κ2) is 5.19. The predicted octanol–water partition coefficient (Wildman–Crippen LogP) is 2.84. The Kier molecular flexibility index (Phi) is 3.13. The Balaban J connectivity index is 1.90. The van der Waals surface area contributed by atoms with Gasteiger partial charge in [0, 0.05) is 11.8 Å². The number of aromatic nitrogens is 2. The van der Waals surface area contributed by atoms with Gasteiger partial charge in [-0.05, 0) is 43.7 Å². The molecule has 24 heavy (non-hydrogen) atoms. The molecular formula is C18H15N3O3. The first-order chi connectivity index (χ1) is 11.6. The summed E-state index contributed by atoms with van der Waals surface area (Å²) in [6.07, 6.45) is 2.09. The van der Waals surface area contributed by atoms with Crippen molar-refractivity contribution in [2.75, 3.05) is 5.32 Å². The first kappa shape index (κ1) is 14.4. The Bertz CT molecular complexity index is 991. The second-order valence-electron chi connectivity index (χ2n) is 5.81. The lowest BCUT2D eigenvalue weighted by Gasteiger charge is -2.23. The molecule has 1 amide bonds. The smallest absolute Gasteiger partial charge is 0.265 e. The molecule has 0 saturated carbocycles. The number of benzene rings is 1. The van der Waals surface area contributed by atoms with Gasteiger partial charge in [-0.3, -0.25) is 14.0 Å². The summed E-state index contributed by atoms with van der Waals surface area (Å²) in [5, 5.41) is 2.82. The van der Waals surface area contributed by atoms with Crippen molar-refractivity contribution in [2.24, 2.45) is 0 Å². The summed E-state index contributed by atoms with van der Waals surface area (Å²) >= 11 is 0. The molecule has 1 unspecified atom stereocenters. The summed E-state index contributed by atoms with van der Waals surface area (Å²) in [5.74, 6) is 0.416. The van der Waals surface area contributed by atoms with Gasteiger partial charge >= 0.3 is 0 Å². The molecule has 1 N–H and O–H groups in total. The highest BCUT2D eigenvalue weighted by molar-refractivity contribution is 5.98. The van der Waals surface area contributed by atoms with Crippen LogP contribution in [0.5, 0.6) is 5.75 Å². The number of aryl methyl sites for hydroxylation is 1. The molecule has 2 aromatic heterocycles. The number of carbonyl (C=O) groups excluding carboxylic acids is 2. The summed E-state index contributed by atoms with van der Waals surface area (Å²) in [5.41, 5.74) is 4.11. The number of pyridine rings is 1. The van der Waals surface area contributed by atoms with E-state index < -0.39 is 6.10 Å². The molecule has 3 heterocycles. The molecule has 0 aliphatic carbocycles. The molecule has 0 spiro atoms. The summed E-state index contributed by atoms with van der Waals surface area (Å²) in [6, 6.07) is 9.23. The third-order valence-corrected chi connectivity index (χ3v) is 4.18. The minimum atomic E-state index is -0.522. The van der Waals surface area contributed by atoms with Crippen molar-refractivity contribution in [3.8, 4) is 17.0 Å². The van der Waals surface area contributed by atoms with Gasteiger partial charge in [0.15, 0.2) is 12.4 Å². The van der Waals surface area contributed by atoms with Crippen LogP contribution in [0.3, 0.4) is 0 Å². The summed E-state index contributed by atoms with van der Waals surface area (Å²) in [4.78, 5) is 28.0. The lowest BCUT2D eigenvalue weighted by atomic mass is 10.1. The lowest BCUT2D eigenvalue weighted by Crippen LogP contribution is -2.34. The Hall–Kier alpha value is -3.15. The molecule has 1 aromatic carbocycles. The molecule has 6 heteroatoms. The topological polar surface area (TPSA) is 72.7 Å². The van der Waals surface area contributed by atoms with Crippen LogP contribution in [0.25, 0.3) is 16.9 Å². The van der Waals surface area contributed by atoms with Crippen molar-refractivity contribution in [1.29, 1.82) is 0 Å². The number of nitrogens with zero attached hydrogens (tertiary/aromatic N) is 2. The van der Waals surface area contributed by atoms with Crippen molar-refractivity contribution in [3.05, 3.63) is 47.8 Å². The van der Waals surface area contributed by atoms with Crippen molar-refractivity contribution in [1.82, 2.24) is 9.38 Å². The highest BCUT2D eigenvalue weighted by Crippen LogP contribution is 2.35. The zero-order valence-corrected chi connectivity index (χ0v) is 13.2. The number of imidazole rings is 1. The van der Waals surface area contributed by atoms with Crippen LogP contribution in [-0.4, -0.2) is 27.7 Å². The van der Waals surface area contributed by atoms with Crippen LogP contribution in [0.4, 0.5) is 5.69 Å². The number of aldehydes is 1. The molecule has 0 saturated heterocycles. The minimum absolute atomic E-state index is 0.193. The van der Waals surface area contributed by atoms with E-state index in [4.69, 9.17) is 4.74 Å². The molecule has 0 fully saturated rings. The van der Waals surface area contributed by atoms with Gasteiger partial charge in [0.05, 0.1) is 5.69 Å². The van der Waals surface area contributed by atoms with Gasteiger partial charge in [0.25, 0.3) is 5.91 Å². The number of nitrogens with one attached hydrogen (secondary N) is 1. The van der Waals surface area contributed by atoms with E-state index in [-0.39, 0.29) is 5.91 Å². The molecule has 3 aromatic rings. The number of hydrogen-bond acceptors (Lipinski definition) is 4. The third-order valence-electron chi connectivity index (χ3n) is 4.18. The van der Waals surface area contributed by atoms with E-state index >= 15 is 0 Å². The van der Waals surface area contributed by atoms with Gasteiger partial charge in [-0.1, -0.05) is 6.07 Å². The van der Waals surface area contributed by atoms with Gasteiger partial charge in [-0.2, -0.15) is 0 Å². The van der Waals surface area contributed by atoms with Crippen LogP contribution in [-0.2, 0) is 4.79 Å². The molecule has 0 radical (unpaired) electrons. The number of rotatable bonds is 2. The summed E-state index contributed by atoms with van der Waals surface area (Å²) < 4.78 is 7.33. The Morgan fingerprint density at radius 3 is 2.96 bits per heavy atom. The highest BCUT2D eigenvalue weighted by Gasteiger charge is 2.24. The minimum Gasteiger partial charge on any atom is -0.479 e. The van der Waals surface area contributed by atoms with E-state index in [1.54, 1.807) is 23.5 Å². The molecular weight excluding hydrogens is 306 g/mol. The average Bonchev–Trinajstić information content (AvgIpc) is 2.95. The van der Waals surface area contributed by atoms with Crippen LogP contribution in [0.1, 0.15) is 23.0 Å². The highest BCUT2D eigenvalue weighted by atomic mass is 16.5. The fraction of sp³-hybridized carbons (Fsp3) is 0.167. The van der Waals surface area contributed by atoms with Gasteiger partial charge in [0.2, 0.25) is 0 Å². The number of carbonyl (C=O) groups is 2. The number of amides is 1. The van der Waals surface area contributed by atoms with Crippen molar-refractivity contribution in [2.45, 2.75) is 20.0 Å². The van der Waals surface area contributed by atoms with Crippen LogP contribution in [0.2, 0.25) is 0 Å². The van der Waals surface area contributed by atoms with Gasteiger partial charge in [-0.25, -0.2) is 4.98 Å². The van der Waals surface area contributed by atoms with Crippen molar-refractivity contribution in [3.63, 3.8) is 0 Å². The average molecular weight is 321 g/mol. The molecule has 0 bridgehead atoms. The molecule has 1 aliphatic rings. The SMILES string of the molecule is Cc1cccn2c(C=O)c(-c3ccc4c(c3)NC(=O)C(C)O4)nc12. The number of fused-ring (bicyclic) bond motifs is 2. The van der Waals surface area contributed by atoms with Gasteiger partial charge < -0.3 is 10.1 Å². The first-order valence-electron chi connectivity index (χ1n) is 7.63. The molecule has 6 nitrogen and oxygen atoms in total. The number of anilines is 1. The maximum absolute atomic E-state index is 11.8. The first-order valence-corrected chi connectivity index (χ1v) is 7.63. The van der Waals surface area contributed by atoms with Crippen LogP contribution in [0.15, 0.2) is 36.5 Å². The molecule has 1 atom stereocenters. The van der Waals surface area contributed by atoms with Crippen LogP contribution >= 0.6 is 0 Å². The van der Waals surface area contributed by atoms with Crippen molar-refractivity contribution < 1.29 is 14.3 Å². The number of hydrogen-bond donors (Lipinski definition) is 1. The third kappa shape index (κ3) is 2.07. The zero-order chi connectivity index (χ0) is 16.8. The Morgan fingerprint density at radius 1 is 1.33 bits per heavy atom. The standard InChI is InChI=1S/C18H15N3O3/c1-10-4-3-7-21-14(9-22)16(20-17(10)21)12-5-6-15-13(8-12)19-18(23)11(2)24-15/h3-9,11H,1-2H3,(H,19,23). The maximum atomic E-state index is 11.8. The van der Waals surface area contributed by atoms with Crippen LogP contribution in [0, 0.1) is 6.92 Å². The van der Waals surface area contributed by atoms with E-state index in [2.05, 4.69) is 10.3 Å². The van der Waals surface area contributed by atoms with E-state index in [0.29, 0.717) is 22.8 Å². The number of ether oxygens (including phenoxy) is 1. The molecule has 4 rings (SSSR count). The Labute approximate surface area is 138 Å². The van der Waals surface area contributed by atoms with Crippen LogP contribution < -0.4 is 10.1 Å². The molecule has 1 aliphatic heterocycles. The van der Waals surface area contributed by atoms with Gasteiger partial charge in [-0.15, -0.1) is 0 Å². The fourth-order valence-electron chi connectivity index (χ4n) is 2.90. The lowest BCUT2D eigenvalue weighted by molar-refractivity contribution is -0.122. The van der Waals surface area contributed by atoms with E-state index in [1.165, 1.54) is 0 Å². The monoisotopic (exact) mass is 321 g/mol. The van der Waals surface area contributed by atoms with Gasteiger partial charge in [0.1, 0.15) is 22.8 Å².